The summed E-state index contributed by atoms with van der Waals surface area (Å²) in [5, 5.41) is 1.14. The average molecular weight is 571 g/mol. The predicted molar refractivity (Wildman–Crippen MR) is 160 cm³/mol. The van der Waals surface area contributed by atoms with Gasteiger partial charge in [0.05, 0.1) is 27.7 Å². The maximum atomic E-state index is 14.2. The third kappa shape index (κ3) is 4.35. The number of fused-ring (bicyclic) bond motifs is 5. The van der Waals surface area contributed by atoms with E-state index >= 15 is 0 Å². The molecule has 0 unspecified atom stereocenters. The number of benzene rings is 1. The van der Waals surface area contributed by atoms with Gasteiger partial charge in [-0.3, -0.25) is 19.3 Å². The molecule has 41 heavy (non-hydrogen) atoms. The zero-order chi connectivity index (χ0) is 29.0. The zero-order valence-corrected chi connectivity index (χ0v) is 24.3. The molecule has 5 heterocycles. The molecular weight excluding hydrogens is 540 g/mol. The van der Waals surface area contributed by atoms with Crippen LogP contribution in [0.25, 0.3) is 27.8 Å². The van der Waals surface area contributed by atoms with Crippen LogP contribution < -0.4 is 15.3 Å². The number of carbonyl (C=O) groups is 1. The van der Waals surface area contributed by atoms with Crippen LogP contribution in [0.15, 0.2) is 54.1 Å². The minimum absolute atomic E-state index is 0.0495. The van der Waals surface area contributed by atoms with E-state index in [1.807, 2.05) is 38.1 Å². The summed E-state index contributed by atoms with van der Waals surface area (Å²) >= 11 is 7.00. The lowest BCUT2D eigenvalue weighted by atomic mass is 9.99. The van der Waals surface area contributed by atoms with Gasteiger partial charge in [-0.1, -0.05) is 38.1 Å². The fourth-order valence-electron chi connectivity index (χ4n) is 5.91. The number of nitrogens with zero attached hydrogens (tertiary/aromatic N) is 6. The lowest BCUT2D eigenvalue weighted by Gasteiger charge is -2.40. The van der Waals surface area contributed by atoms with Crippen molar-refractivity contribution in [1.29, 1.82) is 0 Å². The summed E-state index contributed by atoms with van der Waals surface area (Å²) in [4.78, 5) is 44.3. The highest BCUT2D eigenvalue weighted by atomic mass is 35.5. The number of aryl methyl sites for hydroxylation is 1. The minimum atomic E-state index is -0.442. The molecule has 10 heteroatoms. The van der Waals surface area contributed by atoms with Gasteiger partial charge in [-0.05, 0) is 49.6 Å². The number of aromatic nitrogens is 4. The van der Waals surface area contributed by atoms with E-state index in [0.29, 0.717) is 65.0 Å². The van der Waals surface area contributed by atoms with Gasteiger partial charge in [0.25, 0.3) is 0 Å². The molecule has 1 saturated heterocycles. The van der Waals surface area contributed by atoms with Crippen molar-refractivity contribution in [2.45, 2.75) is 46.3 Å². The number of anilines is 1. The Morgan fingerprint density at radius 3 is 2.76 bits per heavy atom. The zero-order valence-electron chi connectivity index (χ0n) is 23.5. The third-order valence-corrected chi connectivity index (χ3v) is 8.17. The van der Waals surface area contributed by atoms with Crippen molar-refractivity contribution >= 4 is 34.2 Å². The largest absolute Gasteiger partial charge is 0.486 e. The highest BCUT2D eigenvalue weighted by Crippen LogP contribution is 2.48. The second-order valence-corrected chi connectivity index (χ2v) is 11.3. The van der Waals surface area contributed by atoms with Crippen LogP contribution in [0, 0.1) is 6.92 Å². The highest BCUT2D eigenvalue weighted by Gasteiger charge is 2.33. The number of amides is 1. The van der Waals surface area contributed by atoms with Crippen molar-refractivity contribution in [1.82, 2.24) is 24.4 Å². The molecule has 0 saturated carbocycles. The molecule has 9 nitrogen and oxygen atoms in total. The van der Waals surface area contributed by atoms with Gasteiger partial charge in [0, 0.05) is 49.0 Å². The fraction of sp³-hybridized carbons (Fsp3) is 0.323. The molecular formula is C31H31ClN6O3. The first-order valence-electron chi connectivity index (χ1n) is 13.7. The molecule has 0 bridgehead atoms. The van der Waals surface area contributed by atoms with Crippen molar-refractivity contribution in [3.05, 3.63) is 81.6 Å². The summed E-state index contributed by atoms with van der Waals surface area (Å²) in [6, 6.07) is 7.47. The van der Waals surface area contributed by atoms with Gasteiger partial charge in [0.1, 0.15) is 17.9 Å². The Balaban J connectivity index is 1.68. The SMILES string of the molecule is C=CC(=O)N1CCN(c2nc(=O)n(-c3c(C)ccnc3C(C)C)c3c4c(c(Cl)cc23)-c2ncccc2CO4)[C@@H](C)C1. The van der Waals surface area contributed by atoms with Gasteiger partial charge < -0.3 is 14.5 Å². The van der Waals surface area contributed by atoms with E-state index in [9.17, 15) is 9.59 Å². The van der Waals surface area contributed by atoms with Gasteiger partial charge in [0.15, 0.2) is 5.75 Å². The Labute approximate surface area is 243 Å². The second kappa shape index (κ2) is 10.3. The molecule has 0 spiro atoms. The average Bonchev–Trinajstić information content (AvgIpc) is 2.96. The highest BCUT2D eigenvalue weighted by molar-refractivity contribution is 6.35. The quantitative estimate of drug-likeness (QED) is 0.317. The van der Waals surface area contributed by atoms with Crippen LogP contribution in [-0.4, -0.2) is 56.0 Å². The topological polar surface area (TPSA) is 93.5 Å². The summed E-state index contributed by atoms with van der Waals surface area (Å²) in [5.74, 6) is 0.931. The standard InChI is InChI=1S/C31H31ClN6O3/c1-6-23(39)36-12-13-37(19(5)15-36)30-21-14-22(32)24-26-20(8-7-10-33-26)16-41-29(24)28(21)38(31(40)35-30)27-18(4)9-11-34-25(27)17(2)3/h6-11,14,17,19H,1,12-13,15-16H2,2-5H3/t19-/m0/s1. The Hall–Kier alpha value is -4.24. The number of halogens is 1. The van der Waals surface area contributed by atoms with Gasteiger partial charge >= 0.3 is 5.69 Å². The first-order chi connectivity index (χ1) is 19.7. The Morgan fingerprint density at radius 2 is 2.02 bits per heavy atom. The van der Waals surface area contributed by atoms with Crippen LogP contribution in [0.4, 0.5) is 5.82 Å². The third-order valence-electron chi connectivity index (χ3n) is 7.88. The number of pyridine rings is 2. The van der Waals surface area contributed by atoms with Crippen molar-refractivity contribution in [2.75, 3.05) is 24.5 Å². The molecule has 210 valence electrons. The summed E-state index contributed by atoms with van der Waals surface area (Å²) < 4.78 is 8.05. The molecule has 2 aliphatic rings. The normalized spacial score (nSPS) is 16.4. The Morgan fingerprint density at radius 1 is 1.22 bits per heavy atom. The molecule has 1 atom stereocenters. The number of hydrogen-bond acceptors (Lipinski definition) is 7. The van der Waals surface area contributed by atoms with E-state index in [-0.39, 0.29) is 17.9 Å². The van der Waals surface area contributed by atoms with Gasteiger partial charge in [-0.25, -0.2) is 4.79 Å². The molecule has 4 aromatic rings. The number of piperazine rings is 1. The Bertz CT molecular complexity index is 1780. The van der Waals surface area contributed by atoms with Crippen molar-refractivity contribution in [2.24, 2.45) is 0 Å². The smallest absolute Gasteiger partial charge is 0.354 e. The molecule has 2 aliphatic heterocycles. The van der Waals surface area contributed by atoms with Crippen LogP contribution >= 0.6 is 11.6 Å². The first kappa shape index (κ1) is 27.0. The maximum Gasteiger partial charge on any atom is 0.354 e. The van der Waals surface area contributed by atoms with E-state index in [1.54, 1.807) is 21.9 Å². The van der Waals surface area contributed by atoms with Crippen LogP contribution in [0.3, 0.4) is 0 Å². The Kier molecular flexibility index (Phi) is 6.77. The van der Waals surface area contributed by atoms with E-state index in [2.05, 4.69) is 40.3 Å². The monoisotopic (exact) mass is 570 g/mol. The predicted octanol–water partition coefficient (Wildman–Crippen LogP) is 5.04. The van der Waals surface area contributed by atoms with E-state index in [4.69, 9.17) is 16.3 Å². The minimum Gasteiger partial charge on any atom is -0.486 e. The number of carbonyl (C=O) groups excluding carboxylic acids is 1. The van der Waals surface area contributed by atoms with E-state index < -0.39 is 5.69 Å². The molecule has 0 radical (unpaired) electrons. The van der Waals surface area contributed by atoms with Gasteiger partial charge in [-0.15, -0.1) is 0 Å². The lowest BCUT2D eigenvalue weighted by molar-refractivity contribution is -0.126. The van der Waals surface area contributed by atoms with Crippen LogP contribution in [0.2, 0.25) is 5.02 Å². The molecule has 6 rings (SSSR count). The van der Waals surface area contributed by atoms with E-state index in [0.717, 1.165) is 22.5 Å². The van der Waals surface area contributed by atoms with Crippen molar-refractivity contribution in [3.63, 3.8) is 0 Å². The summed E-state index contributed by atoms with van der Waals surface area (Å²) in [5.41, 5.74) is 4.79. The summed E-state index contributed by atoms with van der Waals surface area (Å²) in [6.45, 7) is 13.4. The second-order valence-electron chi connectivity index (χ2n) is 10.9. The molecule has 0 aliphatic carbocycles. The molecule has 1 fully saturated rings. The summed E-state index contributed by atoms with van der Waals surface area (Å²) in [6.07, 6.45) is 4.82. The molecule has 3 aromatic heterocycles. The van der Waals surface area contributed by atoms with E-state index in [1.165, 1.54) is 6.08 Å². The molecule has 0 N–H and O–H groups in total. The van der Waals surface area contributed by atoms with Crippen molar-refractivity contribution < 1.29 is 9.53 Å². The number of ether oxygens (including phenoxy) is 1. The van der Waals surface area contributed by atoms with Crippen LogP contribution in [0.1, 0.15) is 43.5 Å². The van der Waals surface area contributed by atoms with Crippen molar-refractivity contribution in [3.8, 4) is 22.7 Å². The van der Waals surface area contributed by atoms with Crippen LogP contribution in [0.5, 0.6) is 5.75 Å². The first-order valence-corrected chi connectivity index (χ1v) is 14.1. The van der Waals surface area contributed by atoms with Gasteiger partial charge in [0.2, 0.25) is 5.91 Å². The molecule has 1 aromatic carbocycles. The van der Waals surface area contributed by atoms with Gasteiger partial charge in [-0.2, -0.15) is 4.98 Å². The maximum absolute atomic E-state index is 14.2. The molecule has 1 amide bonds. The number of hydrogen-bond donors (Lipinski definition) is 0. The van der Waals surface area contributed by atoms with Crippen LogP contribution in [-0.2, 0) is 11.4 Å². The summed E-state index contributed by atoms with van der Waals surface area (Å²) in [7, 11) is 0. The lowest BCUT2D eigenvalue weighted by Crippen LogP contribution is -2.54. The fourth-order valence-corrected chi connectivity index (χ4v) is 6.19. The number of rotatable bonds is 4.